The molecule has 0 unspecified atom stereocenters. The highest BCUT2D eigenvalue weighted by Gasteiger charge is 2.32. The summed E-state index contributed by atoms with van der Waals surface area (Å²) >= 11 is 0. The third-order valence-electron chi connectivity index (χ3n) is 2.92. The molecule has 0 aliphatic heterocycles. The highest BCUT2D eigenvalue weighted by molar-refractivity contribution is 5.60. The lowest BCUT2D eigenvalue weighted by Gasteiger charge is -2.29. The van der Waals surface area contributed by atoms with Gasteiger partial charge in [-0.05, 0) is 25.5 Å². The third-order valence-corrected chi connectivity index (χ3v) is 2.92. The van der Waals surface area contributed by atoms with Crippen LogP contribution >= 0.6 is 0 Å². The maximum absolute atomic E-state index is 12.7. The second-order valence-electron chi connectivity index (χ2n) is 4.72. The van der Waals surface area contributed by atoms with Crippen LogP contribution in [0.2, 0.25) is 0 Å². The predicted octanol–water partition coefficient (Wildman–Crippen LogP) is 3.49. The Bertz CT molecular complexity index is 433. The smallest absolute Gasteiger partial charge is 0.405 e. The van der Waals surface area contributed by atoms with Crippen molar-refractivity contribution in [3.8, 4) is 5.75 Å². The molecule has 3 nitrogen and oxygen atoms in total. The number of benzene rings is 1. The summed E-state index contributed by atoms with van der Waals surface area (Å²) in [5.41, 5.74) is 6.99. The van der Waals surface area contributed by atoms with E-state index in [2.05, 4.69) is 0 Å². The van der Waals surface area contributed by atoms with Crippen molar-refractivity contribution in [3.63, 3.8) is 0 Å². The van der Waals surface area contributed by atoms with Crippen molar-refractivity contribution < 1.29 is 17.9 Å². The van der Waals surface area contributed by atoms with Gasteiger partial charge in [-0.15, -0.1) is 0 Å². The lowest BCUT2D eigenvalue weighted by atomic mass is 10.0. The number of alkyl halides is 3. The fourth-order valence-corrected chi connectivity index (χ4v) is 2.21. The molecule has 1 aromatic rings. The molecule has 6 heteroatoms. The molecule has 0 aliphatic rings. The Balaban J connectivity index is 3.25. The first-order valence-electron chi connectivity index (χ1n) is 6.54. The van der Waals surface area contributed by atoms with Crippen molar-refractivity contribution in [1.29, 1.82) is 0 Å². The van der Waals surface area contributed by atoms with Crippen LogP contribution < -0.4 is 15.4 Å². The maximum atomic E-state index is 12.7. The number of rotatable bonds is 6. The largest absolute Gasteiger partial charge is 0.496 e. The van der Waals surface area contributed by atoms with Crippen LogP contribution in [0.1, 0.15) is 31.9 Å². The normalized spacial score (nSPS) is 13.2. The van der Waals surface area contributed by atoms with E-state index in [1.807, 2.05) is 6.92 Å². The second-order valence-corrected chi connectivity index (χ2v) is 4.72. The summed E-state index contributed by atoms with van der Waals surface area (Å²) in [5, 5.41) is 0. The van der Waals surface area contributed by atoms with Crippen LogP contribution in [0.25, 0.3) is 0 Å². The molecule has 20 heavy (non-hydrogen) atoms. The number of hydrogen-bond acceptors (Lipinski definition) is 3. The zero-order valence-electron chi connectivity index (χ0n) is 12.0. The zero-order chi connectivity index (χ0) is 15.3. The fraction of sp³-hybridized carbons (Fsp3) is 0.571. The third kappa shape index (κ3) is 4.30. The van der Waals surface area contributed by atoms with Crippen molar-refractivity contribution in [1.82, 2.24) is 0 Å². The van der Waals surface area contributed by atoms with Gasteiger partial charge in [0, 0.05) is 23.8 Å². The molecule has 0 radical (unpaired) electrons. The van der Waals surface area contributed by atoms with Gasteiger partial charge in [-0.1, -0.05) is 13.0 Å². The minimum atomic E-state index is -4.26. The van der Waals surface area contributed by atoms with Gasteiger partial charge in [-0.2, -0.15) is 13.2 Å². The lowest BCUT2D eigenvalue weighted by molar-refractivity contribution is -0.119. The van der Waals surface area contributed by atoms with Crippen molar-refractivity contribution in [2.75, 3.05) is 25.1 Å². The van der Waals surface area contributed by atoms with Crippen LogP contribution in [0.3, 0.4) is 0 Å². The van der Waals surface area contributed by atoms with Crippen molar-refractivity contribution in [3.05, 3.63) is 23.8 Å². The summed E-state index contributed by atoms with van der Waals surface area (Å²) < 4.78 is 43.4. The molecule has 1 aromatic carbocycles. The number of nitrogens with zero attached hydrogens (tertiary/aromatic N) is 1. The molecule has 0 saturated heterocycles. The van der Waals surface area contributed by atoms with Crippen LogP contribution in [0.4, 0.5) is 18.9 Å². The predicted molar refractivity (Wildman–Crippen MR) is 74.2 cm³/mol. The molecule has 0 aliphatic carbocycles. The first-order valence-corrected chi connectivity index (χ1v) is 6.54. The van der Waals surface area contributed by atoms with E-state index in [0.717, 1.165) is 0 Å². The molecule has 1 rings (SSSR count). The first kappa shape index (κ1) is 16.6. The van der Waals surface area contributed by atoms with Crippen LogP contribution in [0.15, 0.2) is 18.2 Å². The molecule has 0 fully saturated rings. The van der Waals surface area contributed by atoms with Crippen molar-refractivity contribution in [2.24, 2.45) is 5.73 Å². The Hall–Kier alpha value is -1.43. The Morgan fingerprint density at radius 1 is 1.35 bits per heavy atom. The summed E-state index contributed by atoms with van der Waals surface area (Å²) in [4.78, 5) is 1.31. The quantitative estimate of drug-likeness (QED) is 0.871. The Labute approximate surface area is 117 Å². The van der Waals surface area contributed by atoms with Crippen LogP contribution in [-0.4, -0.2) is 26.4 Å². The number of halogens is 3. The fourth-order valence-electron chi connectivity index (χ4n) is 2.21. The van der Waals surface area contributed by atoms with E-state index >= 15 is 0 Å². The molecule has 0 amide bonds. The molecule has 0 bridgehead atoms. The molecule has 0 heterocycles. The topological polar surface area (TPSA) is 38.5 Å². The highest BCUT2D eigenvalue weighted by Crippen LogP contribution is 2.35. The van der Waals surface area contributed by atoms with Crippen LogP contribution in [0.5, 0.6) is 5.75 Å². The minimum absolute atomic E-state index is 0.312. The molecule has 2 N–H and O–H groups in total. The molecular weight excluding hydrogens is 269 g/mol. The van der Waals surface area contributed by atoms with Gasteiger partial charge < -0.3 is 15.4 Å². The van der Waals surface area contributed by atoms with Gasteiger partial charge in [0.25, 0.3) is 0 Å². The van der Waals surface area contributed by atoms with Crippen LogP contribution in [0, 0.1) is 0 Å². The van der Waals surface area contributed by atoms with E-state index in [1.54, 1.807) is 25.1 Å². The van der Waals surface area contributed by atoms with Gasteiger partial charge in [0.05, 0.1) is 7.11 Å². The van der Waals surface area contributed by atoms with Gasteiger partial charge >= 0.3 is 6.18 Å². The first-order chi connectivity index (χ1) is 9.30. The Morgan fingerprint density at radius 2 is 2.00 bits per heavy atom. The van der Waals surface area contributed by atoms with Gasteiger partial charge in [-0.3, -0.25) is 0 Å². The summed E-state index contributed by atoms with van der Waals surface area (Å²) in [7, 11) is 1.49. The molecular formula is C14H21F3N2O. The van der Waals surface area contributed by atoms with Gasteiger partial charge in [-0.25, -0.2) is 0 Å². The summed E-state index contributed by atoms with van der Waals surface area (Å²) in [6, 6.07) is 4.63. The van der Waals surface area contributed by atoms with E-state index in [1.165, 1.54) is 12.0 Å². The van der Waals surface area contributed by atoms with Crippen molar-refractivity contribution >= 4 is 5.69 Å². The van der Waals surface area contributed by atoms with E-state index < -0.39 is 18.8 Å². The molecule has 0 aromatic heterocycles. The molecule has 0 spiro atoms. The number of hydrogen-bond donors (Lipinski definition) is 1. The Morgan fingerprint density at radius 3 is 2.45 bits per heavy atom. The highest BCUT2D eigenvalue weighted by atomic mass is 19.4. The summed E-state index contributed by atoms with van der Waals surface area (Å²) in [6.45, 7) is 2.90. The zero-order valence-corrected chi connectivity index (χ0v) is 12.0. The van der Waals surface area contributed by atoms with Gasteiger partial charge in [0.15, 0.2) is 0 Å². The lowest BCUT2D eigenvalue weighted by Crippen LogP contribution is -2.36. The maximum Gasteiger partial charge on any atom is 0.405 e. The number of nitrogens with two attached hydrogens (primary N) is 1. The molecule has 114 valence electrons. The average molecular weight is 290 g/mol. The number of ether oxygens (including phenoxy) is 1. The molecule has 0 saturated carbocycles. The number of methoxy groups -OCH3 is 1. The summed E-state index contributed by atoms with van der Waals surface area (Å²) in [6.07, 6.45) is -3.64. The van der Waals surface area contributed by atoms with Gasteiger partial charge in [0.1, 0.15) is 12.3 Å². The van der Waals surface area contributed by atoms with Crippen molar-refractivity contribution in [2.45, 2.75) is 32.5 Å². The second kappa shape index (κ2) is 6.83. The average Bonchev–Trinajstić information content (AvgIpc) is 2.35. The minimum Gasteiger partial charge on any atom is -0.496 e. The van der Waals surface area contributed by atoms with E-state index in [9.17, 15) is 13.2 Å². The van der Waals surface area contributed by atoms with E-state index in [4.69, 9.17) is 10.5 Å². The number of anilines is 1. The summed E-state index contributed by atoms with van der Waals surface area (Å²) in [5.74, 6) is 0.515. The SMILES string of the molecule is CCCN(CC(F)(F)F)c1cccc(OC)c1[C@H](C)N. The molecule has 1 atom stereocenters. The Kier molecular flexibility index (Phi) is 5.68. The van der Waals surface area contributed by atoms with E-state index in [-0.39, 0.29) is 0 Å². The monoisotopic (exact) mass is 290 g/mol. The van der Waals surface area contributed by atoms with Gasteiger partial charge in [0.2, 0.25) is 0 Å². The van der Waals surface area contributed by atoms with Crippen LogP contribution in [-0.2, 0) is 0 Å². The van der Waals surface area contributed by atoms with E-state index in [0.29, 0.717) is 30.0 Å². The standard InChI is InChI=1S/C14H21F3N2O/c1-4-8-19(9-14(15,16)17)11-6-5-7-12(20-3)13(11)10(2)18/h5-7,10H,4,8-9,18H2,1-3H3/t10-/m0/s1.